The maximum atomic E-state index is 12.6. The lowest BCUT2D eigenvalue weighted by atomic mass is 10.1. The molecule has 0 aromatic heterocycles. The molecule has 0 spiro atoms. The number of hydrogen-bond acceptors (Lipinski definition) is 7. The van der Waals surface area contributed by atoms with Crippen molar-refractivity contribution in [3.8, 4) is 17.6 Å². The average Bonchev–Trinajstić information content (AvgIpc) is 2.62. The molecule has 1 N–H and O–H groups in total. The molecule has 0 aliphatic heterocycles. The van der Waals surface area contributed by atoms with Crippen molar-refractivity contribution in [1.29, 1.82) is 5.26 Å². The molecule has 0 aliphatic carbocycles. The van der Waals surface area contributed by atoms with Crippen LogP contribution in [-0.2, 0) is 9.84 Å². The largest absolute Gasteiger partial charge is 0.500 e. The van der Waals surface area contributed by atoms with Crippen molar-refractivity contribution in [2.45, 2.75) is 11.8 Å². The van der Waals surface area contributed by atoms with Gasteiger partial charge in [0.25, 0.3) is 0 Å². The van der Waals surface area contributed by atoms with E-state index in [1.165, 1.54) is 30.3 Å². The first-order valence-corrected chi connectivity index (χ1v) is 9.33. The van der Waals surface area contributed by atoms with Gasteiger partial charge in [0.1, 0.15) is 11.0 Å². The van der Waals surface area contributed by atoms with Crippen molar-refractivity contribution in [2.24, 2.45) is 0 Å². The third-order valence-corrected chi connectivity index (χ3v) is 5.33. The van der Waals surface area contributed by atoms with E-state index in [0.717, 1.165) is 12.1 Å². The van der Waals surface area contributed by atoms with E-state index < -0.39 is 31.1 Å². The van der Waals surface area contributed by atoms with E-state index in [2.05, 4.69) is 0 Å². The first kappa shape index (κ1) is 20.2. The van der Waals surface area contributed by atoms with Gasteiger partial charge in [-0.05, 0) is 48.9 Å². The summed E-state index contributed by atoms with van der Waals surface area (Å²) in [6.07, 6.45) is 0.971. The Labute approximate surface area is 160 Å². The van der Waals surface area contributed by atoms with Crippen LogP contribution in [0.15, 0.2) is 46.2 Å². The predicted octanol–water partition coefficient (Wildman–Crippen LogP) is 3.69. The highest BCUT2D eigenvalue weighted by Crippen LogP contribution is 2.38. The zero-order valence-electron chi connectivity index (χ0n) is 13.9. The number of rotatable bonds is 6. The van der Waals surface area contributed by atoms with Crippen LogP contribution in [0.3, 0.4) is 0 Å². The van der Waals surface area contributed by atoms with Gasteiger partial charge in [-0.15, -0.1) is 0 Å². The lowest BCUT2D eigenvalue weighted by molar-refractivity contribution is -0.386. The molecular formula is C17H13ClN2O6S. The molecule has 27 heavy (non-hydrogen) atoms. The van der Waals surface area contributed by atoms with Crippen molar-refractivity contribution in [1.82, 2.24) is 0 Å². The molecular weight excluding hydrogens is 396 g/mol. The highest BCUT2D eigenvalue weighted by atomic mass is 35.5. The van der Waals surface area contributed by atoms with Crippen molar-refractivity contribution in [3.63, 3.8) is 0 Å². The predicted molar refractivity (Wildman–Crippen MR) is 98.2 cm³/mol. The van der Waals surface area contributed by atoms with Gasteiger partial charge in [-0.2, -0.15) is 5.26 Å². The number of ether oxygens (including phenoxy) is 1. The van der Waals surface area contributed by atoms with Crippen LogP contribution < -0.4 is 4.74 Å². The number of nitrogens with zero attached hydrogens (tertiary/aromatic N) is 2. The number of aromatic hydroxyl groups is 1. The molecule has 10 heteroatoms. The summed E-state index contributed by atoms with van der Waals surface area (Å²) in [7, 11) is -4.17. The molecule has 0 atom stereocenters. The minimum absolute atomic E-state index is 0.0111. The molecule has 0 unspecified atom stereocenters. The minimum Gasteiger partial charge on any atom is -0.500 e. The third-order valence-electron chi connectivity index (χ3n) is 3.40. The van der Waals surface area contributed by atoms with Crippen LogP contribution in [0.1, 0.15) is 12.5 Å². The third kappa shape index (κ3) is 4.36. The van der Waals surface area contributed by atoms with Crippen LogP contribution in [0.5, 0.6) is 11.5 Å². The molecule has 0 bridgehead atoms. The summed E-state index contributed by atoms with van der Waals surface area (Å²) in [4.78, 5) is 9.48. The summed E-state index contributed by atoms with van der Waals surface area (Å²) < 4.78 is 30.4. The van der Waals surface area contributed by atoms with E-state index in [4.69, 9.17) is 16.3 Å². The van der Waals surface area contributed by atoms with E-state index in [9.17, 15) is 28.9 Å². The summed E-state index contributed by atoms with van der Waals surface area (Å²) in [5, 5.41) is 30.6. The van der Waals surface area contributed by atoms with Gasteiger partial charge in [-0.3, -0.25) is 10.1 Å². The Morgan fingerprint density at radius 1 is 1.37 bits per heavy atom. The maximum Gasteiger partial charge on any atom is 0.315 e. The average molecular weight is 409 g/mol. The SMILES string of the molecule is CCOc1cc(/C=C(\C#N)S(=O)(=O)c2ccc(Cl)cc2)cc([N+](=O)[O-])c1O. The zero-order chi connectivity index (χ0) is 20.2. The van der Waals surface area contributed by atoms with Gasteiger partial charge in [0.2, 0.25) is 15.6 Å². The number of hydrogen-bond donors (Lipinski definition) is 1. The molecule has 2 aromatic rings. The van der Waals surface area contributed by atoms with Gasteiger partial charge < -0.3 is 9.84 Å². The van der Waals surface area contributed by atoms with Crippen LogP contribution in [0.4, 0.5) is 5.69 Å². The lowest BCUT2D eigenvalue weighted by Crippen LogP contribution is -2.03. The van der Waals surface area contributed by atoms with Crippen LogP contribution in [0.25, 0.3) is 6.08 Å². The second-order valence-corrected chi connectivity index (χ2v) is 7.51. The van der Waals surface area contributed by atoms with E-state index in [1.807, 2.05) is 0 Å². The van der Waals surface area contributed by atoms with Gasteiger partial charge in [0.05, 0.1) is 16.4 Å². The van der Waals surface area contributed by atoms with Gasteiger partial charge >= 0.3 is 5.69 Å². The fraction of sp³-hybridized carbons (Fsp3) is 0.118. The molecule has 2 rings (SSSR count). The number of phenolic OH excluding ortho intramolecular Hbond substituents is 1. The Kier molecular flexibility index (Phi) is 6.05. The molecule has 0 fully saturated rings. The fourth-order valence-corrected chi connectivity index (χ4v) is 3.45. The standard InChI is InChI=1S/C17H13ClN2O6S/c1-2-26-16-9-11(8-15(17(16)21)20(22)23)7-14(10-19)27(24,25)13-5-3-12(18)4-6-13/h3-9,21H,2H2,1H3/b14-7+. The first-order valence-electron chi connectivity index (χ1n) is 7.47. The van der Waals surface area contributed by atoms with Gasteiger partial charge in [-0.1, -0.05) is 11.6 Å². The second kappa shape index (κ2) is 8.07. The molecule has 0 heterocycles. The number of benzene rings is 2. The van der Waals surface area contributed by atoms with Crippen LogP contribution in [0, 0.1) is 21.4 Å². The first-order chi connectivity index (χ1) is 12.7. The zero-order valence-corrected chi connectivity index (χ0v) is 15.5. The Morgan fingerprint density at radius 2 is 2.00 bits per heavy atom. The Hall–Kier alpha value is -3.09. The Morgan fingerprint density at radius 3 is 2.52 bits per heavy atom. The lowest BCUT2D eigenvalue weighted by Gasteiger charge is -2.08. The molecule has 8 nitrogen and oxygen atoms in total. The fourth-order valence-electron chi connectivity index (χ4n) is 2.16. The van der Waals surface area contributed by atoms with E-state index in [-0.39, 0.29) is 22.8 Å². The highest BCUT2D eigenvalue weighted by molar-refractivity contribution is 7.95. The van der Waals surface area contributed by atoms with Gasteiger partial charge in [0, 0.05) is 11.1 Å². The number of sulfone groups is 1. The normalized spacial score (nSPS) is 11.7. The number of phenols is 1. The summed E-state index contributed by atoms with van der Waals surface area (Å²) in [6.45, 7) is 1.73. The quantitative estimate of drug-likeness (QED) is 0.438. The Balaban J connectivity index is 2.62. The van der Waals surface area contributed by atoms with Crippen molar-refractivity contribution in [2.75, 3.05) is 6.61 Å². The van der Waals surface area contributed by atoms with Crippen molar-refractivity contribution in [3.05, 3.63) is 62.0 Å². The second-order valence-electron chi connectivity index (χ2n) is 5.15. The van der Waals surface area contributed by atoms with Crippen LogP contribution in [0.2, 0.25) is 5.02 Å². The summed E-state index contributed by atoms with van der Waals surface area (Å²) in [5.41, 5.74) is -0.662. The van der Waals surface area contributed by atoms with E-state index >= 15 is 0 Å². The maximum absolute atomic E-state index is 12.6. The molecule has 2 aromatic carbocycles. The summed E-state index contributed by atoms with van der Waals surface area (Å²) in [5.74, 6) is -0.878. The van der Waals surface area contributed by atoms with Gasteiger partial charge in [0.15, 0.2) is 5.75 Å². The van der Waals surface area contributed by atoms with Crippen molar-refractivity contribution < 1.29 is 23.2 Å². The number of halogens is 1. The number of nitro benzene ring substituents is 1. The molecule has 0 aliphatic rings. The molecule has 0 saturated carbocycles. The molecule has 0 amide bonds. The van der Waals surface area contributed by atoms with Gasteiger partial charge in [-0.25, -0.2) is 8.42 Å². The van der Waals surface area contributed by atoms with Crippen molar-refractivity contribution >= 4 is 33.2 Å². The molecule has 0 radical (unpaired) electrons. The molecule has 140 valence electrons. The molecule has 0 saturated heterocycles. The minimum atomic E-state index is -4.17. The topological polar surface area (TPSA) is 131 Å². The smallest absolute Gasteiger partial charge is 0.315 e. The number of allylic oxidation sites excluding steroid dienone is 1. The highest BCUT2D eigenvalue weighted by Gasteiger charge is 2.23. The number of nitriles is 1. The summed E-state index contributed by atoms with van der Waals surface area (Å²) in [6, 6.07) is 8.96. The van der Waals surface area contributed by atoms with E-state index in [0.29, 0.717) is 5.02 Å². The van der Waals surface area contributed by atoms with E-state index in [1.54, 1.807) is 13.0 Å². The van der Waals surface area contributed by atoms with Crippen LogP contribution in [-0.4, -0.2) is 25.1 Å². The van der Waals surface area contributed by atoms with Crippen LogP contribution >= 0.6 is 11.6 Å². The monoisotopic (exact) mass is 408 g/mol. The Bertz CT molecular complexity index is 1060. The number of nitro groups is 1. The summed E-state index contributed by atoms with van der Waals surface area (Å²) >= 11 is 5.74.